The summed E-state index contributed by atoms with van der Waals surface area (Å²) in [6.45, 7) is 3.43. The minimum absolute atomic E-state index is 0.0444. The average molecular weight is 610 g/mol. The van der Waals surface area contributed by atoms with Gasteiger partial charge in [0.1, 0.15) is 11.7 Å². The van der Waals surface area contributed by atoms with E-state index in [4.69, 9.17) is 23.2 Å². The summed E-state index contributed by atoms with van der Waals surface area (Å²) < 4.78 is 40.3. The van der Waals surface area contributed by atoms with Gasteiger partial charge in [0.25, 0.3) is 11.8 Å². The largest absolute Gasteiger partial charge is 0.451 e. The molecule has 4 heterocycles. The van der Waals surface area contributed by atoms with Gasteiger partial charge in [0.15, 0.2) is 0 Å². The molecule has 3 aromatic rings. The van der Waals surface area contributed by atoms with Crippen LogP contribution in [-0.2, 0) is 23.9 Å². The number of aromatic nitrogens is 4. The van der Waals surface area contributed by atoms with Crippen LogP contribution in [0.25, 0.3) is 0 Å². The second-order valence-corrected chi connectivity index (χ2v) is 10.7. The number of carbonyl (C=O) groups is 3. The monoisotopic (exact) mass is 609 g/mol. The Hall–Kier alpha value is -3.71. The van der Waals surface area contributed by atoms with Crippen molar-refractivity contribution in [3.8, 4) is 0 Å². The normalized spacial score (nSPS) is 19.5. The minimum Gasteiger partial charge on any atom is -0.357 e. The van der Waals surface area contributed by atoms with E-state index in [2.05, 4.69) is 20.4 Å². The number of nitrogens with zero attached hydrogens (tertiary/aromatic N) is 6. The summed E-state index contributed by atoms with van der Waals surface area (Å²) >= 11 is 12.1. The maximum Gasteiger partial charge on any atom is 0.451 e. The van der Waals surface area contributed by atoms with Crippen molar-refractivity contribution in [2.75, 3.05) is 13.6 Å². The third-order valence-corrected chi connectivity index (χ3v) is 8.16. The molecule has 0 saturated heterocycles. The van der Waals surface area contributed by atoms with Gasteiger partial charge < -0.3 is 15.1 Å². The van der Waals surface area contributed by atoms with E-state index < -0.39 is 35.9 Å². The van der Waals surface area contributed by atoms with Crippen molar-refractivity contribution in [2.45, 2.75) is 51.1 Å². The van der Waals surface area contributed by atoms with Gasteiger partial charge >= 0.3 is 6.18 Å². The van der Waals surface area contributed by atoms with Crippen LogP contribution in [0.5, 0.6) is 0 Å². The predicted molar refractivity (Wildman–Crippen MR) is 141 cm³/mol. The summed E-state index contributed by atoms with van der Waals surface area (Å²) in [6.07, 6.45) is -2.35. The van der Waals surface area contributed by atoms with Crippen LogP contribution in [-0.4, -0.2) is 66.9 Å². The molecule has 3 amide bonds. The Morgan fingerprint density at radius 2 is 1.83 bits per heavy atom. The lowest BCUT2D eigenvalue weighted by molar-refractivity contribution is -0.145. The molecule has 0 bridgehead atoms. The molecular weight excluding hydrogens is 586 g/mol. The van der Waals surface area contributed by atoms with E-state index in [1.165, 1.54) is 28.8 Å². The molecule has 0 saturated carbocycles. The first-order chi connectivity index (χ1) is 19.3. The highest BCUT2D eigenvalue weighted by Gasteiger charge is 2.44. The molecule has 0 spiro atoms. The number of alkyl halides is 3. The molecule has 2 aromatic heterocycles. The smallest absolute Gasteiger partial charge is 0.357 e. The Kier molecular flexibility index (Phi) is 7.45. The molecule has 1 N–H and O–H groups in total. The quantitative estimate of drug-likeness (QED) is 0.477. The topological polar surface area (TPSA) is 113 Å². The Morgan fingerprint density at radius 3 is 2.44 bits per heavy atom. The van der Waals surface area contributed by atoms with Gasteiger partial charge in [-0.2, -0.15) is 18.3 Å². The third kappa shape index (κ3) is 5.12. The maximum atomic E-state index is 13.9. The molecule has 0 fully saturated rings. The lowest BCUT2D eigenvalue weighted by Crippen LogP contribution is -2.49. The molecule has 15 heteroatoms. The molecule has 2 aliphatic rings. The van der Waals surface area contributed by atoms with Crippen molar-refractivity contribution in [3.63, 3.8) is 0 Å². The summed E-state index contributed by atoms with van der Waals surface area (Å²) in [5, 5.41) is 7.74. The number of fused-ring (bicyclic) bond motifs is 3. The van der Waals surface area contributed by atoms with E-state index in [1.807, 2.05) is 6.92 Å². The number of likely N-dealkylation sites (N-methyl/N-ethyl adjacent to an activating group) is 1. The van der Waals surface area contributed by atoms with Crippen molar-refractivity contribution in [1.82, 2.24) is 34.9 Å². The summed E-state index contributed by atoms with van der Waals surface area (Å²) in [6, 6.07) is 2.60. The van der Waals surface area contributed by atoms with E-state index in [0.29, 0.717) is 28.3 Å². The fourth-order valence-corrected chi connectivity index (χ4v) is 5.44. The van der Waals surface area contributed by atoms with Crippen LogP contribution in [0.1, 0.15) is 69.4 Å². The highest BCUT2D eigenvalue weighted by molar-refractivity contribution is 6.42. The number of hydrogen-bond donors (Lipinski definition) is 1. The highest BCUT2D eigenvalue weighted by atomic mass is 35.5. The van der Waals surface area contributed by atoms with Gasteiger partial charge in [-0.05, 0) is 32.0 Å². The molecule has 5 rings (SSSR count). The van der Waals surface area contributed by atoms with Crippen LogP contribution in [0.15, 0.2) is 30.6 Å². The molecule has 10 nitrogen and oxygen atoms in total. The van der Waals surface area contributed by atoms with Gasteiger partial charge in [0.2, 0.25) is 11.7 Å². The van der Waals surface area contributed by atoms with E-state index in [0.717, 1.165) is 12.4 Å². The zero-order chi connectivity index (χ0) is 29.8. The van der Waals surface area contributed by atoms with Crippen LogP contribution < -0.4 is 5.32 Å². The van der Waals surface area contributed by atoms with E-state index in [-0.39, 0.29) is 41.3 Å². The molecular formula is C26H24Cl2F3N7O3. The predicted octanol–water partition coefficient (Wildman–Crippen LogP) is 4.09. The number of amides is 3. The zero-order valence-corrected chi connectivity index (χ0v) is 23.5. The molecule has 3 atom stereocenters. The zero-order valence-electron chi connectivity index (χ0n) is 22.0. The number of hydrogen-bond acceptors (Lipinski definition) is 6. The molecule has 0 aliphatic carbocycles. The number of rotatable bonds is 4. The fraction of sp³-hybridized carbons (Fsp3) is 0.385. The van der Waals surface area contributed by atoms with Crippen molar-refractivity contribution < 1.29 is 27.6 Å². The first-order valence-electron chi connectivity index (χ1n) is 12.6. The maximum absolute atomic E-state index is 13.9. The van der Waals surface area contributed by atoms with Gasteiger partial charge in [0.05, 0.1) is 34.9 Å². The molecule has 1 aromatic carbocycles. The Morgan fingerprint density at radius 1 is 1.15 bits per heavy atom. The Bertz CT molecular complexity index is 1540. The van der Waals surface area contributed by atoms with Crippen LogP contribution in [0.4, 0.5) is 13.2 Å². The minimum atomic E-state index is -4.71. The van der Waals surface area contributed by atoms with Gasteiger partial charge in [0, 0.05) is 48.6 Å². The molecule has 2 aliphatic heterocycles. The summed E-state index contributed by atoms with van der Waals surface area (Å²) in [5.74, 6) is -2.51. The lowest BCUT2D eigenvalue weighted by Gasteiger charge is -2.37. The first kappa shape index (κ1) is 28.8. The van der Waals surface area contributed by atoms with Gasteiger partial charge in [-0.3, -0.25) is 14.4 Å². The van der Waals surface area contributed by atoms with Crippen LogP contribution in [0, 0.1) is 0 Å². The summed E-state index contributed by atoms with van der Waals surface area (Å²) in [4.78, 5) is 50.1. The Labute approximate surface area is 242 Å². The fourth-order valence-electron chi connectivity index (χ4n) is 5.14. The number of benzene rings is 1. The van der Waals surface area contributed by atoms with Crippen LogP contribution >= 0.6 is 23.2 Å². The van der Waals surface area contributed by atoms with Crippen LogP contribution in [0.3, 0.4) is 0 Å². The molecule has 216 valence electrons. The van der Waals surface area contributed by atoms with Crippen LogP contribution in [0.2, 0.25) is 10.0 Å². The average Bonchev–Trinajstić information content (AvgIpc) is 3.31. The molecule has 0 unspecified atom stereocenters. The summed E-state index contributed by atoms with van der Waals surface area (Å²) in [5.41, 5.74) is 1.80. The SMILES string of the molecule is CNC(=O)[C@@H]1CN([C@@H](C)c2cnc(C(F)(F)F)nc2)C(=O)c2c3c(nn21)C[C@@H](C)N(C(=O)c1ccc(Cl)c(Cl)c1)C3. The van der Waals surface area contributed by atoms with Crippen molar-refractivity contribution in [3.05, 3.63) is 74.5 Å². The van der Waals surface area contributed by atoms with Crippen molar-refractivity contribution in [1.29, 1.82) is 0 Å². The first-order valence-corrected chi connectivity index (χ1v) is 13.3. The number of halogens is 5. The second-order valence-electron chi connectivity index (χ2n) is 9.93. The number of carbonyl (C=O) groups excluding carboxylic acids is 3. The van der Waals surface area contributed by atoms with E-state index >= 15 is 0 Å². The van der Waals surface area contributed by atoms with Crippen molar-refractivity contribution in [2.24, 2.45) is 0 Å². The van der Waals surface area contributed by atoms with Gasteiger partial charge in [-0.1, -0.05) is 23.2 Å². The lowest BCUT2D eigenvalue weighted by atomic mass is 9.96. The van der Waals surface area contributed by atoms with E-state index in [9.17, 15) is 27.6 Å². The Balaban J connectivity index is 1.52. The standard InChI is InChI=1S/C26H24Cl2F3N7O3/c1-12-6-19-16(10-36(12)23(40)14-4-5-17(27)18(28)7-14)21-24(41)37(11-20(22(39)32-3)38(21)35-19)13(2)15-8-33-25(34-9-15)26(29,30)31/h4-5,7-9,12-13,20H,6,10-11H2,1-3H3,(H,32,39)/t12-,13+,20+/m1/s1. The molecule has 41 heavy (non-hydrogen) atoms. The number of nitrogens with one attached hydrogen (secondary N) is 1. The summed E-state index contributed by atoms with van der Waals surface area (Å²) in [7, 11) is 1.46. The van der Waals surface area contributed by atoms with E-state index in [1.54, 1.807) is 17.9 Å². The third-order valence-electron chi connectivity index (χ3n) is 7.42. The van der Waals surface area contributed by atoms with Gasteiger partial charge in [-0.25, -0.2) is 14.6 Å². The van der Waals surface area contributed by atoms with Gasteiger partial charge in [-0.15, -0.1) is 0 Å². The molecule has 0 radical (unpaired) electrons. The highest BCUT2D eigenvalue weighted by Crippen LogP contribution is 2.36. The van der Waals surface area contributed by atoms with Crippen molar-refractivity contribution >= 4 is 40.9 Å². The second kappa shape index (κ2) is 10.6.